The summed E-state index contributed by atoms with van der Waals surface area (Å²) in [7, 11) is 1.77. The third kappa shape index (κ3) is 3.75. The minimum atomic E-state index is 0.248. The van der Waals surface area contributed by atoms with Crippen molar-refractivity contribution in [3.8, 4) is 0 Å². The smallest absolute Gasteiger partial charge is 0.175 e. The largest absolute Gasteiger partial charge is 0.316 e. The molecule has 2 aromatic rings. The highest BCUT2D eigenvalue weighted by Gasteiger charge is 2.17. The molecule has 2 rings (SSSR count). The molecule has 0 aliphatic heterocycles. The van der Waals surface area contributed by atoms with Gasteiger partial charge in [-0.25, -0.2) is 0 Å². The standard InChI is InChI=1S/C13H18ClN5/c1-3-15-9-10(8-13-16-18-19(2)17-13)11-6-4-5-7-12(11)14/h4-7,10,15H,3,8-9H2,1-2H3. The first kappa shape index (κ1) is 14.0. The highest BCUT2D eigenvalue weighted by atomic mass is 35.5. The first-order chi connectivity index (χ1) is 9.20. The van der Waals surface area contributed by atoms with Crippen molar-refractivity contribution in [2.45, 2.75) is 19.3 Å². The van der Waals surface area contributed by atoms with Crippen LogP contribution in [0.25, 0.3) is 0 Å². The lowest BCUT2D eigenvalue weighted by molar-refractivity contribution is 0.578. The van der Waals surface area contributed by atoms with Crippen LogP contribution in [0, 0.1) is 0 Å². The van der Waals surface area contributed by atoms with E-state index in [1.165, 1.54) is 4.80 Å². The third-order valence-corrected chi connectivity index (χ3v) is 3.31. The summed E-state index contributed by atoms with van der Waals surface area (Å²) < 4.78 is 0. The van der Waals surface area contributed by atoms with Crippen LogP contribution < -0.4 is 5.32 Å². The second kappa shape index (κ2) is 6.63. The normalized spacial score (nSPS) is 12.6. The number of nitrogens with zero attached hydrogens (tertiary/aromatic N) is 4. The summed E-state index contributed by atoms with van der Waals surface area (Å²) in [5.74, 6) is 0.989. The van der Waals surface area contributed by atoms with E-state index in [1.54, 1.807) is 7.05 Å². The van der Waals surface area contributed by atoms with Crippen molar-refractivity contribution in [1.29, 1.82) is 0 Å². The quantitative estimate of drug-likeness (QED) is 0.876. The van der Waals surface area contributed by atoms with Crippen molar-refractivity contribution in [3.05, 3.63) is 40.7 Å². The molecule has 0 bridgehead atoms. The van der Waals surface area contributed by atoms with Gasteiger partial charge in [0.2, 0.25) is 0 Å². The molecule has 0 spiro atoms. The van der Waals surface area contributed by atoms with Gasteiger partial charge in [0, 0.05) is 23.9 Å². The number of tetrazole rings is 1. The Hall–Kier alpha value is -1.46. The SMILES string of the molecule is CCNCC(Cc1nnn(C)n1)c1ccccc1Cl. The van der Waals surface area contributed by atoms with E-state index in [0.717, 1.165) is 35.9 Å². The second-order valence-electron chi connectivity index (χ2n) is 4.43. The Morgan fingerprint density at radius 2 is 2.16 bits per heavy atom. The fourth-order valence-corrected chi connectivity index (χ4v) is 2.33. The Bertz CT molecular complexity index is 525. The summed E-state index contributed by atoms with van der Waals surface area (Å²) in [5.41, 5.74) is 1.12. The molecule has 0 aliphatic rings. The van der Waals surface area contributed by atoms with Crippen LogP contribution >= 0.6 is 11.6 Å². The maximum atomic E-state index is 6.28. The third-order valence-electron chi connectivity index (χ3n) is 2.96. The van der Waals surface area contributed by atoms with E-state index in [0.29, 0.717) is 0 Å². The summed E-state index contributed by atoms with van der Waals surface area (Å²) in [4.78, 5) is 1.48. The van der Waals surface area contributed by atoms with E-state index in [9.17, 15) is 0 Å². The van der Waals surface area contributed by atoms with Crippen LogP contribution in [0.3, 0.4) is 0 Å². The lowest BCUT2D eigenvalue weighted by atomic mass is 9.95. The molecule has 1 atom stereocenters. The van der Waals surface area contributed by atoms with Crippen molar-refractivity contribution >= 4 is 11.6 Å². The van der Waals surface area contributed by atoms with Crippen molar-refractivity contribution in [1.82, 2.24) is 25.5 Å². The van der Waals surface area contributed by atoms with Gasteiger partial charge in [-0.05, 0) is 23.4 Å². The van der Waals surface area contributed by atoms with Gasteiger partial charge in [0.05, 0.1) is 7.05 Å². The molecular formula is C13H18ClN5. The van der Waals surface area contributed by atoms with Gasteiger partial charge in [-0.1, -0.05) is 36.7 Å². The summed E-state index contributed by atoms with van der Waals surface area (Å²) in [6.45, 7) is 3.86. The Balaban J connectivity index is 2.18. The van der Waals surface area contributed by atoms with Crippen molar-refractivity contribution in [3.63, 3.8) is 0 Å². The van der Waals surface area contributed by atoms with Crippen molar-refractivity contribution in [2.24, 2.45) is 7.05 Å². The summed E-state index contributed by atoms with van der Waals surface area (Å²) in [6, 6.07) is 7.92. The Morgan fingerprint density at radius 1 is 1.37 bits per heavy atom. The minimum absolute atomic E-state index is 0.248. The molecule has 0 saturated carbocycles. The zero-order valence-corrected chi connectivity index (χ0v) is 11.9. The number of benzene rings is 1. The van der Waals surface area contributed by atoms with E-state index >= 15 is 0 Å². The van der Waals surface area contributed by atoms with E-state index in [4.69, 9.17) is 11.6 Å². The molecule has 6 heteroatoms. The molecule has 102 valence electrons. The van der Waals surface area contributed by atoms with Gasteiger partial charge in [0.1, 0.15) is 0 Å². The van der Waals surface area contributed by atoms with Gasteiger partial charge in [0.25, 0.3) is 0 Å². The summed E-state index contributed by atoms with van der Waals surface area (Å²) in [5, 5.41) is 16.3. The molecule has 5 nitrogen and oxygen atoms in total. The fourth-order valence-electron chi connectivity index (χ4n) is 2.04. The molecule has 1 aromatic carbocycles. The van der Waals surface area contributed by atoms with Crippen LogP contribution in [0.1, 0.15) is 24.2 Å². The number of nitrogens with one attached hydrogen (secondary N) is 1. The van der Waals surface area contributed by atoms with Gasteiger partial charge >= 0.3 is 0 Å². The molecule has 1 aromatic heterocycles. The molecular weight excluding hydrogens is 262 g/mol. The number of likely N-dealkylation sites (N-methyl/N-ethyl adjacent to an activating group) is 1. The number of aromatic nitrogens is 4. The molecule has 0 amide bonds. The lowest BCUT2D eigenvalue weighted by Gasteiger charge is -2.17. The van der Waals surface area contributed by atoms with Crippen LogP contribution in [-0.2, 0) is 13.5 Å². The van der Waals surface area contributed by atoms with E-state index < -0.39 is 0 Å². The van der Waals surface area contributed by atoms with Gasteiger partial charge < -0.3 is 5.32 Å². The van der Waals surface area contributed by atoms with Gasteiger partial charge in [-0.2, -0.15) is 4.80 Å². The number of hydrogen-bond donors (Lipinski definition) is 1. The van der Waals surface area contributed by atoms with E-state index in [1.807, 2.05) is 18.2 Å². The molecule has 1 unspecified atom stereocenters. The molecule has 0 aliphatic carbocycles. The Morgan fingerprint density at radius 3 is 2.79 bits per heavy atom. The number of rotatable bonds is 6. The molecule has 0 saturated heterocycles. The van der Waals surface area contributed by atoms with Crippen LogP contribution in [0.15, 0.2) is 24.3 Å². The number of hydrogen-bond acceptors (Lipinski definition) is 4. The van der Waals surface area contributed by atoms with Crippen LogP contribution in [-0.4, -0.2) is 33.3 Å². The van der Waals surface area contributed by atoms with E-state index in [-0.39, 0.29) is 5.92 Å². The van der Waals surface area contributed by atoms with Crippen LogP contribution in [0.5, 0.6) is 0 Å². The Kier molecular flexibility index (Phi) is 4.87. The predicted molar refractivity (Wildman–Crippen MR) is 75.2 cm³/mol. The highest BCUT2D eigenvalue weighted by molar-refractivity contribution is 6.31. The topological polar surface area (TPSA) is 55.6 Å². The highest BCUT2D eigenvalue weighted by Crippen LogP contribution is 2.26. The number of aryl methyl sites for hydroxylation is 1. The first-order valence-electron chi connectivity index (χ1n) is 6.38. The average Bonchev–Trinajstić information content (AvgIpc) is 2.81. The predicted octanol–water partition coefficient (Wildman–Crippen LogP) is 1.80. The molecule has 1 N–H and O–H groups in total. The minimum Gasteiger partial charge on any atom is -0.316 e. The zero-order valence-electron chi connectivity index (χ0n) is 11.2. The van der Waals surface area contributed by atoms with Crippen molar-refractivity contribution in [2.75, 3.05) is 13.1 Å². The van der Waals surface area contributed by atoms with Crippen molar-refractivity contribution < 1.29 is 0 Å². The Labute approximate surface area is 118 Å². The van der Waals surface area contributed by atoms with Gasteiger partial charge in [-0.3, -0.25) is 0 Å². The van der Waals surface area contributed by atoms with Gasteiger partial charge in [0.15, 0.2) is 5.82 Å². The lowest BCUT2D eigenvalue weighted by Crippen LogP contribution is -2.23. The average molecular weight is 280 g/mol. The monoisotopic (exact) mass is 279 g/mol. The summed E-state index contributed by atoms with van der Waals surface area (Å²) in [6.07, 6.45) is 0.727. The maximum absolute atomic E-state index is 6.28. The molecule has 0 radical (unpaired) electrons. The molecule has 19 heavy (non-hydrogen) atoms. The fraction of sp³-hybridized carbons (Fsp3) is 0.462. The first-order valence-corrected chi connectivity index (χ1v) is 6.76. The second-order valence-corrected chi connectivity index (χ2v) is 4.83. The maximum Gasteiger partial charge on any atom is 0.175 e. The number of halogens is 1. The van der Waals surface area contributed by atoms with Gasteiger partial charge in [-0.15, -0.1) is 10.2 Å². The van der Waals surface area contributed by atoms with Crippen LogP contribution in [0.2, 0.25) is 5.02 Å². The summed E-state index contributed by atoms with van der Waals surface area (Å²) >= 11 is 6.28. The zero-order chi connectivity index (χ0) is 13.7. The molecule has 0 fully saturated rings. The molecule has 1 heterocycles. The van der Waals surface area contributed by atoms with Crippen LogP contribution in [0.4, 0.5) is 0 Å². The van der Waals surface area contributed by atoms with E-state index in [2.05, 4.69) is 33.7 Å².